The fourth-order valence-corrected chi connectivity index (χ4v) is 1.81. The predicted octanol–water partition coefficient (Wildman–Crippen LogP) is 2.11. The third kappa shape index (κ3) is 4.19. The van der Waals surface area contributed by atoms with E-state index in [0.29, 0.717) is 19.4 Å². The number of carbonyl (C=O) groups excluding carboxylic acids is 1. The van der Waals surface area contributed by atoms with Gasteiger partial charge in [-0.3, -0.25) is 9.78 Å². The smallest absolute Gasteiger partial charge is 0.224 e. The lowest BCUT2D eigenvalue weighted by atomic mass is 10.1. The van der Waals surface area contributed by atoms with Gasteiger partial charge in [-0.05, 0) is 41.8 Å². The molecule has 4 heteroatoms. The van der Waals surface area contributed by atoms with Gasteiger partial charge in [0.2, 0.25) is 5.91 Å². The maximum Gasteiger partial charge on any atom is 0.224 e. The van der Waals surface area contributed by atoms with Crippen molar-refractivity contribution in [1.29, 1.82) is 0 Å². The van der Waals surface area contributed by atoms with Gasteiger partial charge in [0.15, 0.2) is 0 Å². The van der Waals surface area contributed by atoms with Crippen LogP contribution in [0.25, 0.3) is 0 Å². The van der Waals surface area contributed by atoms with Crippen molar-refractivity contribution in [3.8, 4) is 0 Å². The van der Waals surface area contributed by atoms with Crippen molar-refractivity contribution in [2.75, 3.05) is 5.32 Å². The second-order valence-electron chi connectivity index (χ2n) is 4.31. The van der Waals surface area contributed by atoms with Gasteiger partial charge in [-0.25, -0.2) is 0 Å². The van der Waals surface area contributed by atoms with E-state index in [9.17, 15) is 4.79 Å². The van der Waals surface area contributed by atoms with Crippen molar-refractivity contribution in [3.63, 3.8) is 0 Å². The molecule has 0 radical (unpaired) electrons. The van der Waals surface area contributed by atoms with Crippen molar-refractivity contribution in [1.82, 2.24) is 4.98 Å². The van der Waals surface area contributed by atoms with Gasteiger partial charge in [-0.2, -0.15) is 0 Å². The quantitative estimate of drug-likeness (QED) is 0.859. The number of amides is 1. The van der Waals surface area contributed by atoms with E-state index >= 15 is 0 Å². The van der Waals surface area contributed by atoms with Gasteiger partial charge in [-0.15, -0.1) is 0 Å². The second-order valence-corrected chi connectivity index (χ2v) is 4.31. The number of aryl methyl sites for hydroxylation is 1. The molecule has 2 rings (SSSR count). The van der Waals surface area contributed by atoms with Crippen molar-refractivity contribution in [2.45, 2.75) is 19.4 Å². The summed E-state index contributed by atoms with van der Waals surface area (Å²) in [6, 6.07) is 11.4. The van der Waals surface area contributed by atoms with Gasteiger partial charge in [0.05, 0.1) is 0 Å². The maximum absolute atomic E-state index is 11.8. The van der Waals surface area contributed by atoms with Crippen LogP contribution < -0.4 is 11.1 Å². The first-order valence-electron chi connectivity index (χ1n) is 6.25. The first-order chi connectivity index (χ1) is 9.28. The molecule has 1 amide bonds. The first-order valence-corrected chi connectivity index (χ1v) is 6.25. The highest BCUT2D eigenvalue weighted by molar-refractivity contribution is 5.90. The fourth-order valence-electron chi connectivity index (χ4n) is 1.81. The Kier molecular flexibility index (Phi) is 4.64. The SMILES string of the molecule is NCc1cccc(NC(=O)CCc2ccncc2)c1. The number of pyridine rings is 1. The Morgan fingerprint density at radius 3 is 2.68 bits per heavy atom. The van der Waals surface area contributed by atoms with E-state index in [1.54, 1.807) is 12.4 Å². The molecular formula is C15H17N3O. The van der Waals surface area contributed by atoms with Crippen LogP contribution in [0.3, 0.4) is 0 Å². The van der Waals surface area contributed by atoms with Crippen molar-refractivity contribution in [2.24, 2.45) is 5.73 Å². The number of anilines is 1. The van der Waals surface area contributed by atoms with Crippen molar-refractivity contribution < 1.29 is 4.79 Å². The van der Waals surface area contributed by atoms with E-state index in [2.05, 4.69) is 10.3 Å². The minimum absolute atomic E-state index is 0.00554. The first kappa shape index (κ1) is 13.2. The Balaban J connectivity index is 1.87. The lowest BCUT2D eigenvalue weighted by Gasteiger charge is -2.06. The largest absolute Gasteiger partial charge is 0.326 e. The molecule has 0 aliphatic carbocycles. The van der Waals surface area contributed by atoms with E-state index in [1.165, 1.54) is 0 Å². The zero-order chi connectivity index (χ0) is 13.5. The predicted molar refractivity (Wildman–Crippen MR) is 75.5 cm³/mol. The topological polar surface area (TPSA) is 68.0 Å². The summed E-state index contributed by atoms with van der Waals surface area (Å²) in [5.41, 5.74) is 8.48. The zero-order valence-electron chi connectivity index (χ0n) is 10.7. The number of nitrogens with two attached hydrogens (primary N) is 1. The lowest BCUT2D eigenvalue weighted by Crippen LogP contribution is -2.12. The van der Waals surface area contributed by atoms with E-state index in [-0.39, 0.29) is 5.91 Å². The highest BCUT2D eigenvalue weighted by Crippen LogP contribution is 2.11. The Morgan fingerprint density at radius 2 is 1.95 bits per heavy atom. The number of benzene rings is 1. The Morgan fingerprint density at radius 1 is 1.16 bits per heavy atom. The van der Waals surface area contributed by atoms with E-state index < -0.39 is 0 Å². The number of nitrogens with one attached hydrogen (secondary N) is 1. The van der Waals surface area contributed by atoms with Crippen LogP contribution in [0.4, 0.5) is 5.69 Å². The number of carbonyl (C=O) groups is 1. The molecule has 2 aromatic rings. The Bertz CT molecular complexity index is 540. The molecule has 1 aromatic carbocycles. The number of nitrogens with zero attached hydrogens (tertiary/aromatic N) is 1. The molecule has 1 heterocycles. The average Bonchev–Trinajstić information content (AvgIpc) is 2.46. The van der Waals surface area contributed by atoms with Gasteiger partial charge >= 0.3 is 0 Å². The molecule has 1 aromatic heterocycles. The summed E-state index contributed by atoms with van der Waals surface area (Å²) in [4.78, 5) is 15.8. The molecule has 0 atom stereocenters. The summed E-state index contributed by atoms with van der Waals surface area (Å²) in [5, 5.41) is 2.88. The van der Waals surface area contributed by atoms with Crippen LogP contribution in [0.5, 0.6) is 0 Å². The van der Waals surface area contributed by atoms with Gasteiger partial charge < -0.3 is 11.1 Å². The van der Waals surface area contributed by atoms with Gasteiger partial charge in [0.1, 0.15) is 0 Å². The number of hydrogen-bond donors (Lipinski definition) is 2. The lowest BCUT2D eigenvalue weighted by molar-refractivity contribution is -0.116. The molecule has 4 nitrogen and oxygen atoms in total. The summed E-state index contributed by atoms with van der Waals surface area (Å²) in [5.74, 6) is 0.00554. The van der Waals surface area contributed by atoms with Crippen molar-refractivity contribution in [3.05, 3.63) is 59.9 Å². The number of rotatable bonds is 5. The third-order valence-electron chi connectivity index (χ3n) is 2.84. The molecule has 0 spiro atoms. The van der Waals surface area contributed by atoms with Crippen LogP contribution in [-0.2, 0) is 17.8 Å². The summed E-state index contributed by atoms with van der Waals surface area (Å²) in [6.45, 7) is 0.473. The standard InChI is InChI=1S/C15H17N3O/c16-11-13-2-1-3-14(10-13)18-15(19)5-4-12-6-8-17-9-7-12/h1-3,6-10H,4-5,11,16H2,(H,18,19). The molecule has 0 saturated heterocycles. The summed E-state index contributed by atoms with van der Waals surface area (Å²) >= 11 is 0. The van der Waals surface area contributed by atoms with Crippen LogP contribution >= 0.6 is 0 Å². The molecule has 0 unspecified atom stereocenters. The third-order valence-corrected chi connectivity index (χ3v) is 2.84. The highest BCUT2D eigenvalue weighted by atomic mass is 16.1. The minimum atomic E-state index is 0.00554. The molecule has 0 bridgehead atoms. The molecule has 3 N–H and O–H groups in total. The normalized spacial score (nSPS) is 10.2. The molecule has 0 fully saturated rings. The minimum Gasteiger partial charge on any atom is -0.326 e. The van der Waals surface area contributed by atoms with Gasteiger partial charge in [0.25, 0.3) is 0 Å². The van der Waals surface area contributed by atoms with Crippen LogP contribution in [0.1, 0.15) is 17.5 Å². The van der Waals surface area contributed by atoms with Gasteiger partial charge in [-0.1, -0.05) is 12.1 Å². The van der Waals surface area contributed by atoms with E-state index in [0.717, 1.165) is 16.8 Å². The monoisotopic (exact) mass is 255 g/mol. The summed E-state index contributed by atoms with van der Waals surface area (Å²) in [7, 11) is 0. The Labute approximate surface area is 112 Å². The van der Waals surface area contributed by atoms with Gasteiger partial charge in [0, 0.05) is 31.0 Å². The van der Waals surface area contributed by atoms with Crippen LogP contribution in [0, 0.1) is 0 Å². The molecule has 0 aliphatic rings. The molecule has 0 aliphatic heterocycles. The van der Waals surface area contributed by atoms with Crippen LogP contribution in [0.2, 0.25) is 0 Å². The van der Waals surface area contributed by atoms with Crippen LogP contribution in [-0.4, -0.2) is 10.9 Å². The van der Waals surface area contributed by atoms with E-state index in [4.69, 9.17) is 5.73 Å². The molecular weight excluding hydrogens is 238 g/mol. The summed E-state index contributed by atoms with van der Waals surface area (Å²) in [6.07, 6.45) is 4.64. The zero-order valence-corrected chi connectivity index (χ0v) is 10.7. The number of hydrogen-bond acceptors (Lipinski definition) is 3. The molecule has 98 valence electrons. The number of aromatic nitrogens is 1. The fraction of sp³-hybridized carbons (Fsp3) is 0.200. The summed E-state index contributed by atoms with van der Waals surface area (Å²) < 4.78 is 0. The molecule has 0 saturated carbocycles. The van der Waals surface area contributed by atoms with E-state index in [1.807, 2.05) is 36.4 Å². The second kappa shape index (κ2) is 6.66. The highest BCUT2D eigenvalue weighted by Gasteiger charge is 2.03. The molecule has 19 heavy (non-hydrogen) atoms. The average molecular weight is 255 g/mol. The van der Waals surface area contributed by atoms with Crippen molar-refractivity contribution >= 4 is 11.6 Å². The maximum atomic E-state index is 11.8. The Hall–Kier alpha value is -2.20. The van der Waals surface area contributed by atoms with Crippen LogP contribution in [0.15, 0.2) is 48.8 Å².